The van der Waals surface area contributed by atoms with Gasteiger partial charge in [0, 0.05) is 6.08 Å². The van der Waals surface area contributed by atoms with E-state index in [1.54, 1.807) is 0 Å². The zero-order valence-electron chi connectivity index (χ0n) is 12.1. The van der Waals surface area contributed by atoms with E-state index < -0.39 is 0 Å². The maximum Gasteiger partial charge on any atom is 0.330 e. The molecule has 0 bridgehead atoms. The molecule has 20 heavy (non-hydrogen) atoms. The molecule has 110 valence electrons. The monoisotopic (exact) mass is 276 g/mol. The third-order valence-corrected chi connectivity index (χ3v) is 2.96. The Kier molecular flexibility index (Phi) is 9.03. The lowest BCUT2D eigenvalue weighted by Gasteiger charge is -2.05. The van der Waals surface area contributed by atoms with Gasteiger partial charge in [-0.1, -0.05) is 50.5 Å². The van der Waals surface area contributed by atoms with Gasteiger partial charge in [0.2, 0.25) is 0 Å². The molecule has 0 saturated heterocycles. The molecule has 1 rings (SSSR count). The Labute approximate surface area is 121 Å². The summed E-state index contributed by atoms with van der Waals surface area (Å²) in [6, 6.07) is 9.90. The van der Waals surface area contributed by atoms with Crippen molar-refractivity contribution in [3.05, 3.63) is 43.0 Å². The van der Waals surface area contributed by atoms with Gasteiger partial charge in [-0.25, -0.2) is 4.79 Å². The molecule has 0 aliphatic carbocycles. The van der Waals surface area contributed by atoms with Crippen LogP contribution in [0.5, 0.6) is 5.75 Å². The zero-order chi connectivity index (χ0) is 14.5. The molecule has 3 nitrogen and oxygen atoms in total. The number of hydrogen-bond donors (Lipinski definition) is 0. The van der Waals surface area contributed by atoms with Crippen LogP contribution in [0.3, 0.4) is 0 Å². The van der Waals surface area contributed by atoms with Crippen molar-refractivity contribution < 1.29 is 14.3 Å². The Balaban J connectivity index is 1.83. The van der Waals surface area contributed by atoms with Gasteiger partial charge in [0.05, 0.1) is 13.2 Å². The first-order chi connectivity index (χ1) is 9.83. The zero-order valence-corrected chi connectivity index (χ0v) is 12.1. The lowest BCUT2D eigenvalue weighted by molar-refractivity contribution is -0.137. The normalized spacial score (nSPS) is 10.0. The Bertz CT molecular complexity index is 373. The average Bonchev–Trinajstić information content (AvgIpc) is 2.50. The molecule has 0 unspecified atom stereocenters. The molecule has 0 aliphatic rings. The van der Waals surface area contributed by atoms with Crippen molar-refractivity contribution in [3.63, 3.8) is 0 Å². The number of hydrogen-bond acceptors (Lipinski definition) is 3. The molecule has 0 saturated carbocycles. The summed E-state index contributed by atoms with van der Waals surface area (Å²) in [6.07, 6.45) is 7.88. The molecule has 0 fully saturated rings. The van der Waals surface area contributed by atoms with E-state index in [-0.39, 0.29) is 5.97 Å². The fourth-order valence-electron chi connectivity index (χ4n) is 1.85. The highest BCUT2D eigenvalue weighted by molar-refractivity contribution is 5.81. The van der Waals surface area contributed by atoms with Gasteiger partial charge in [-0.3, -0.25) is 0 Å². The molecule has 0 amide bonds. The van der Waals surface area contributed by atoms with E-state index in [0.29, 0.717) is 6.61 Å². The maximum atomic E-state index is 10.8. The van der Waals surface area contributed by atoms with Crippen LogP contribution in [-0.2, 0) is 9.53 Å². The summed E-state index contributed by atoms with van der Waals surface area (Å²) >= 11 is 0. The molecule has 0 heterocycles. The summed E-state index contributed by atoms with van der Waals surface area (Å²) in [5.41, 5.74) is 0. The Morgan fingerprint density at radius 1 is 0.950 bits per heavy atom. The standard InChI is InChI=1S/C17H24O3/c1-2-17(18)20-15-11-6-4-3-5-10-14-19-16-12-8-7-9-13-16/h2,7-9,12-13H,1,3-6,10-11,14-15H2. The molecule has 1 aromatic rings. The minimum Gasteiger partial charge on any atom is -0.494 e. The summed E-state index contributed by atoms with van der Waals surface area (Å²) in [7, 11) is 0. The van der Waals surface area contributed by atoms with Gasteiger partial charge in [-0.2, -0.15) is 0 Å². The van der Waals surface area contributed by atoms with E-state index in [1.165, 1.54) is 25.3 Å². The second-order valence-corrected chi connectivity index (χ2v) is 4.65. The third-order valence-electron chi connectivity index (χ3n) is 2.96. The number of benzene rings is 1. The van der Waals surface area contributed by atoms with Crippen LogP contribution >= 0.6 is 0 Å². The van der Waals surface area contributed by atoms with E-state index in [1.807, 2.05) is 30.3 Å². The number of carbonyl (C=O) groups excluding carboxylic acids is 1. The van der Waals surface area contributed by atoms with Gasteiger partial charge in [0.25, 0.3) is 0 Å². The summed E-state index contributed by atoms with van der Waals surface area (Å²) in [5.74, 6) is 0.611. The van der Waals surface area contributed by atoms with Crippen LogP contribution in [0.15, 0.2) is 43.0 Å². The quantitative estimate of drug-likeness (QED) is 0.346. The van der Waals surface area contributed by atoms with E-state index in [9.17, 15) is 4.79 Å². The highest BCUT2D eigenvalue weighted by Gasteiger charge is 1.96. The van der Waals surface area contributed by atoms with Crippen LogP contribution < -0.4 is 4.74 Å². The first-order valence-electron chi connectivity index (χ1n) is 7.30. The van der Waals surface area contributed by atoms with Crippen LogP contribution in [0.4, 0.5) is 0 Å². The number of rotatable bonds is 11. The van der Waals surface area contributed by atoms with Crippen molar-refractivity contribution in [3.8, 4) is 5.75 Å². The summed E-state index contributed by atoms with van der Waals surface area (Å²) in [4.78, 5) is 10.8. The smallest absolute Gasteiger partial charge is 0.330 e. The van der Waals surface area contributed by atoms with Crippen LogP contribution in [0.2, 0.25) is 0 Å². The summed E-state index contributed by atoms with van der Waals surface area (Å²) < 4.78 is 10.5. The fourth-order valence-corrected chi connectivity index (χ4v) is 1.85. The van der Waals surface area contributed by atoms with Gasteiger partial charge in [0.1, 0.15) is 5.75 Å². The molecule has 0 atom stereocenters. The molecule has 3 heteroatoms. The van der Waals surface area contributed by atoms with Crippen molar-refractivity contribution >= 4 is 5.97 Å². The number of ether oxygens (including phenoxy) is 2. The van der Waals surface area contributed by atoms with E-state index in [2.05, 4.69) is 6.58 Å². The van der Waals surface area contributed by atoms with Gasteiger partial charge in [-0.05, 0) is 25.0 Å². The van der Waals surface area contributed by atoms with Crippen LogP contribution in [0.25, 0.3) is 0 Å². The molecule has 1 aromatic carbocycles. The number of carbonyl (C=O) groups is 1. The number of esters is 1. The van der Waals surface area contributed by atoms with E-state index in [0.717, 1.165) is 31.6 Å². The maximum absolute atomic E-state index is 10.8. The van der Waals surface area contributed by atoms with Gasteiger partial charge in [0.15, 0.2) is 0 Å². The summed E-state index contributed by atoms with van der Waals surface area (Å²) in [5, 5.41) is 0. The van der Waals surface area contributed by atoms with Crippen molar-refractivity contribution in [1.82, 2.24) is 0 Å². The first kappa shape index (κ1) is 16.3. The fraction of sp³-hybridized carbons (Fsp3) is 0.471. The average molecular weight is 276 g/mol. The third kappa shape index (κ3) is 8.35. The molecule has 0 aromatic heterocycles. The molecular weight excluding hydrogens is 252 g/mol. The van der Waals surface area contributed by atoms with Gasteiger partial charge < -0.3 is 9.47 Å². The first-order valence-corrected chi connectivity index (χ1v) is 7.30. The lowest BCUT2D eigenvalue weighted by atomic mass is 10.1. The topological polar surface area (TPSA) is 35.5 Å². The SMILES string of the molecule is C=CC(=O)OCCCCCCCCOc1ccccc1. The molecular formula is C17H24O3. The molecule has 0 radical (unpaired) electrons. The predicted octanol–water partition coefficient (Wildman–Crippen LogP) is 4.14. The highest BCUT2D eigenvalue weighted by atomic mass is 16.5. The van der Waals surface area contributed by atoms with E-state index >= 15 is 0 Å². The number of unbranched alkanes of at least 4 members (excludes halogenated alkanes) is 5. The second-order valence-electron chi connectivity index (χ2n) is 4.65. The number of para-hydroxylation sites is 1. The van der Waals surface area contributed by atoms with Crippen molar-refractivity contribution in [1.29, 1.82) is 0 Å². The Hall–Kier alpha value is -1.77. The van der Waals surface area contributed by atoms with Gasteiger partial charge in [-0.15, -0.1) is 0 Å². The van der Waals surface area contributed by atoms with Gasteiger partial charge >= 0.3 is 5.97 Å². The summed E-state index contributed by atoms with van der Waals surface area (Å²) in [6.45, 7) is 4.63. The van der Waals surface area contributed by atoms with E-state index in [4.69, 9.17) is 9.47 Å². The highest BCUT2D eigenvalue weighted by Crippen LogP contribution is 2.10. The largest absolute Gasteiger partial charge is 0.494 e. The Morgan fingerprint density at radius 3 is 2.20 bits per heavy atom. The van der Waals surface area contributed by atoms with Crippen LogP contribution in [0.1, 0.15) is 38.5 Å². The van der Waals surface area contributed by atoms with Crippen LogP contribution in [-0.4, -0.2) is 19.2 Å². The molecule has 0 spiro atoms. The second kappa shape index (κ2) is 11.1. The minimum absolute atomic E-state index is 0.330. The predicted molar refractivity (Wildman–Crippen MR) is 80.8 cm³/mol. The van der Waals surface area contributed by atoms with Crippen molar-refractivity contribution in [2.45, 2.75) is 38.5 Å². The van der Waals surface area contributed by atoms with Crippen molar-refractivity contribution in [2.24, 2.45) is 0 Å². The van der Waals surface area contributed by atoms with Crippen molar-refractivity contribution in [2.75, 3.05) is 13.2 Å². The Morgan fingerprint density at radius 2 is 1.55 bits per heavy atom. The molecule has 0 N–H and O–H groups in total. The lowest BCUT2D eigenvalue weighted by Crippen LogP contribution is -2.01. The minimum atomic E-state index is -0.330. The van der Waals surface area contributed by atoms with Crippen LogP contribution in [0, 0.1) is 0 Å². The molecule has 0 aliphatic heterocycles.